The van der Waals surface area contributed by atoms with E-state index in [1.165, 1.54) is 12.1 Å². The Morgan fingerprint density at radius 3 is 2.32 bits per heavy atom. The second-order valence-electron chi connectivity index (χ2n) is 4.29. The molecular weight excluding hydrogens is 259 g/mol. The summed E-state index contributed by atoms with van der Waals surface area (Å²) in [5.41, 5.74) is 0.888. The minimum Gasteiger partial charge on any atom is -0.406 e. The van der Waals surface area contributed by atoms with Gasteiger partial charge in [0.1, 0.15) is 5.75 Å². The van der Waals surface area contributed by atoms with Gasteiger partial charge in [0.15, 0.2) is 0 Å². The SMILES string of the molecule is CC(C)OCCNCc1ccc(OC(F)(F)F)cc1. The van der Waals surface area contributed by atoms with Crippen LogP contribution in [0.2, 0.25) is 0 Å². The molecule has 0 fully saturated rings. The standard InChI is InChI=1S/C13H18F3NO2/c1-10(2)18-8-7-17-9-11-3-5-12(6-4-11)19-13(14,15)16/h3-6,10,17H,7-9H2,1-2H3. The minimum atomic E-state index is -4.64. The molecule has 108 valence electrons. The van der Waals surface area contributed by atoms with Crippen molar-refractivity contribution in [1.82, 2.24) is 5.32 Å². The summed E-state index contributed by atoms with van der Waals surface area (Å²) in [7, 11) is 0. The van der Waals surface area contributed by atoms with Crippen LogP contribution in [0, 0.1) is 0 Å². The van der Waals surface area contributed by atoms with Crippen LogP contribution in [-0.2, 0) is 11.3 Å². The van der Waals surface area contributed by atoms with E-state index in [-0.39, 0.29) is 11.9 Å². The second kappa shape index (κ2) is 7.35. The third kappa shape index (κ3) is 7.69. The molecule has 1 rings (SSSR count). The predicted molar refractivity (Wildman–Crippen MR) is 65.9 cm³/mol. The van der Waals surface area contributed by atoms with Gasteiger partial charge in [0.25, 0.3) is 0 Å². The highest BCUT2D eigenvalue weighted by molar-refractivity contribution is 5.27. The first-order chi connectivity index (χ1) is 8.87. The fourth-order valence-electron chi connectivity index (χ4n) is 1.41. The van der Waals surface area contributed by atoms with Crippen LogP contribution < -0.4 is 10.1 Å². The van der Waals surface area contributed by atoms with E-state index in [2.05, 4.69) is 10.1 Å². The Kier molecular flexibility index (Phi) is 6.11. The Bertz CT molecular complexity index is 363. The van der Waals surface area contributed by atoms with Crippen molar-refractivity contribution in [2.45, 2.75) is 32.9 Å². The molecule has 0 aliphatic carbocycles. The molecule has 0 saturated heterocycles. The van der Waals surface area contributed by atoms with E-state index < -0.39 is 6.36 Å². The molecule has 19 heavy (non-hydrogen) atoms. The van der Waals surface area contributed by atoms with E-state index in [1.54, 1.807) is 12.1 Å². The van der Waals surface area contributed by atoms with E-state index in [0.717, 1.165) is 5.56 Å². The second-order valence-corrected chi connectivity index (χ2v) is 4.29. The third-order valence-electron chi connectivity index (χ3n) is 2.22. The highest BCUT2D eigenvalue weighted by Crippen LogP contribution is 2.22. The van der Waals surface area contributed by atoms with Crippen molar-refractivity contribution in [3.05, 3.63) is 29.8 Å². The maximum Gasteiger partial charge on any atom is 0.573 e. The van der Waals surface area contributed by atoms with Gasteiger partial charge in [0.2, 0.25) is 0 Å². The molecular formula is C13H18F3NO2. The monoisotopic (exact) mass is 277 g/mol. The van der Waals surface area contributed by atoms with Crippen molar-refractivity contribution in [3.8, 4) is 5.75 Å². The lowest BCUT2D eigenvalue weighted by molar-refractivity contribution is -0.274. The van der Waals surface area contributed by atoms with Gasteiger partial charge in [0.05, 0.1) is 12.7 Å². The Hall–Kier alpha value is -1.27. The Balaban J connectivity index is 2.28. The van der Waals surface area contributed by atoms with E-state index in [4.69, 9.17) is 4.74 Å². The van der Waals surface area contributed by atoms with Crippen molar-refractivity contribution in [3.63, 3.8) is 0 Å². The van der Waals surface area contributed by atoms with Crippen LogP contribution in [0.15, 0.2) is 24.3 Å². The molecule has 0 bridgehead atoms. The predicted octanol–water partition coefficient (Wildman–Crippen LogP) is 3.10. The van der Waals surface area contributed by atoms with Crippen molar-refractivity contribution in [1.29, 1.82) is 0 Å². The van der Waals surface area contributed by atoms with Crippen LogP contribution >= 0.6 is 0 Å². The molecule has 0 spiro atoms. The Labute approximate surface area is 110 Å². The normalized spacial score (nSPS) is 11.9. The molecule has 0 heterocycles. The first kappa shape index (κ1) is 15.8. The van der Waals surface area contributed by atoms with E-state index in [1.807, 2.05) is 13.8 Å². The molecule has 1 aromatic carbocycles. The number of halogens is 3. The molecule has 1 aromatic rings. The molecule has 0 radical (unpaired) electrons. The van der Waals surface area contributed by atoms with Gasteiger partial charge < -0.3 is 14.8 Å². The summed E-state index contributed by atoms with van der Waals surface area (Å²) in [5, 5.41) is 3.14. The fourth-order valence-corrected chi connectivity index (χ4v) is 1.41. The minimum absolute atomic E-state index is 0.195. The summed E-state index contributed by atoms with van der Waals surface area (Å²) < 4.78 is 45.0. The van der Waals surface area contributed by atoms with Crippen molar-refractivity contribution < 1.29 is 22.6 Å². The van der Waals surface area contributed by atoms with Gasteiger partial charge in [-0.25, -0.2) is 0 Å². The van der Waals surface area contributed by atoms with E-state index in [9.17, 15) is 13.2 Å². The molecule has 0 aliphatic heterocycles. The Morgan fingerprint density at radius 2 is 1.79 bits per heavy atom. The summed E-state index contributed by atoms with van der Waals surface area (Å²) >= 11 is 0. The van der Waals surface area contributed by atoms with Gasteiger partial charge in [-0.05, 0) is 31.5 Å². The van der Waals surface area contributed by atoms with Gasteiger partial charge in [0, 0.05) is 13.1 Å². The van der Waals surface area contributed by atoms with Crippen LogP contribution in [0.25, 0.3) is 0 Å². The molecule has 0 unspecified atom stereocenters. The summed E-state index contributed by atoms with van der Waals surface area (Å²) in [4.78, 5) is 0. The van der Waals surface area contributed by atoms with Crippen molar-refractivity contribution >= 4 is 0 Å². The molecule has 0 aromatic heterocycles. The van der Waals surface area contributed by atoms with Crippen LogP contribution in [0.3, 0.4) is 0 Å². The van der Waals surface area contributed by atoms with Crippen LogP contribution in [-0.4, -0.2) is 25.6 Å². The lowest BCUT2D eigenvalue weighted by Crippen LogP contribution is -2.21. The number of rotatable bonds is 7. The average Bonchev–Trinajstić information content (AvgIpc) is 2.28. The molecule has 0 saturated carbocycles. The number of hydrogen-bond acceptors (Lipinski definition) is 3. The smallest absolute Gasteiger partial charge is 0.406 e. The maximum atomic E-state index is 11.9. The number of alkyl halides is 3. The first-order valence-electron chi connectivity index (χ1n) is 6.04. The zero-order valence-corrected chi connectivity index (χ0v) is 11.0. The van der Waals surface area contributed by atoms with Crippen LogP contribution in [0.4, 0.5) is 13.2 Å². The summed E-state index contributed by atoms with van der Waals surface area (Å²) in [6.07, 6.45) is -4.45. The van der Waals surface area contributed by atoms with Gasteiger partial charge in [-0.2, -0.15) is 0 Å². The van der Waals surface area contributed by atoms with Gasteiger partial charge in [-0.3, -0.25) is 0 Å². The first-order valence-corrected chi connectivity index (χ1v) is 6.04. The highest BCUT2D eigenvalue weighted by atomic mass is 19.4. The molecule has 3 nitrogen and oxygen atoms in total. The molecule has 0 aliphatic rings. The van der Waals surface area contributed by atoms with Crippen LogP contribution in [0.1, 0.15) is 19.4 Å². The molecule has 6 heteroatoms. The topological polar surface area (TPSA) is 30.5 Å². The summed E-state index contributed by atoms with van der Waals surface area (Å²) in [5.74, 6) is -0.209. The molecule has 0 amide bonds. The largest absolute Gasteiger partial charge is 0.573 e. The van der Waals surface area contributed by atoms with E-state index in [0.29, 0.717) is 19.7 Å². The zero-order chi connectivity index (χ0) is 14.3. The third-order valence-corrected chi connectivity index (χ3v) is 2.22. The van der Waals surface area contributed by atoms with Crippen molar-refractivity contribution in [2.24, 2.45) is 0 Å². The number of hydrogen-bond donors (Lipinski definition) is 1. The lowest BCUT2D eigenvalue weighted by atomic mass is 10.2. The summed E-state index contributed by atoms with van der Waals surface area (Å²) in [6, 6.07) is 5.79. The molecule has 0 atom stereocenters. The number of benzene rings is 1. The zero-order valence-electron chi connectivity index (χ0n) is 11.0. The van der Waals surface area contributed by atoms with Crippen molar-refractivity contribution in [2.75, 3.05) is 13.2 Å². The maximum absolute atomic E-state index is 11.9. The van der Waals surface area contributed by atoms with Gasteiger partial charge >= 0.3 is 6.36 Å². The summed E-state index contributed by atoms with van der Waals surface area (Å²) in [6.45, 7) is 5.79. The lowest BCUT2D eigenvalue weighted by Gasteiger charge is -2.10. The average molecular weight is 277 g/mol. The highest BCUT2D eigenvalue weighted by Gasteiger charge is 2.30. The fraction of sp³-hybridized carbons (Fsp3) is 0.538. The van der Waals surface area contributed by atoms with E-state index >= 15 is 0 Å². The van der Waals surface area contributed by atoms with Crippen LogP contribution in [0.5, 0.6) is 5.75 Å². The number of ether oxygens (including phenoxy) is 2. The van der Waals surface area contributed by atoms with Gasteiger partial charge in [-0.1, -0.05) is 12.1 Å². The number of nitrogens with one attached hydrogen (secondary N) is 1. The Morgan fingerprint density at radius 1 is 1.16 bits per heavy atom. The quantitative estimate of drug-likeness (QED) is 0.777. The molecule has 1 N–H and O–H groups in total. The van der Waals surface area contributed by atoms with Gasteiger partial charge in [-0.15, -0.1) is 13.2 Å².